The molecule has 2 rings (SSSR count). The smallest absolute Gasteiger partial charge is 0.321 e. The molecule has 546 valence electrons. The minimum Gasteiger partial charge on any atom is -0.480 e. The number of aliphatic hydroxyl groups excluding tert-OH is 3. The number of carbonyl (C=O) groups excluding carboxylic acids is 8. The Morgan fingerprint density at radius 1 is 0.611 bits per heavy atom. The predicted molar refractivity (Wildman–Crippen MR) is 365 cm³/mol. The summed E-state index contributed by atoms with van der Waals surface area (Å²) in [5.74, 6) is -9.57. The van der Waals surface area contributed by atoms with Gasteiger partial charge in [-0.05, 0) is 77.6 Å². The van der Waals surface area contributed by atoms with Crippen molar-refractivity contribution in [3.8, 4) is 0 Å². The fourth-order valence-corrected chi connectivity index (χ4v) is 11.9. The molecule has 1 fully saturated rings. The van der Waals surface area contributed by atoms with Crippen molar-refractivity contribution < 1.29 is 63.6 Å². The Balaban J connectivity index is 1.69. The van der Waals surface area contributed by atoms with Gasteiger partial charge >= 0.3 is 5.97 Å². The maximum absolute atomic E-state index is 14.1. The molecule has 1 aliphatic heterocycles. The van der Waals surface area contributed by atoms with Crippen LogP contribution < -0.4 is 71.6 Å². The monoisotopic (exact) mass is 1350 g/mol. The lowest BCUT2D eigenvalue weighted by atomic mass is 9.93. The van der Waals surface area contributed by atoms with Gasteiger partial charge in [0.2, 0.25) is 47.3 Å². The van der Waals surface area contributed by atoms with Gasteiger partial charge in [0.15, 0.2) is 0 Å². The Kier molecular flexibility index (Phi) is 44.5. The maximum Gasteiger partial charge on any atom is 0.321 e. The first-order valence-corrected chi connectivity index (χ1v) is 35.5. The molecule has 24 N–H and O–H groups in total. The van der Waals surface area contributed by atoms with Gasteiger partial charge in [-0.3, -0.25) is 43.2 Å². The van der Waals surface area contributed by atoms with Crippen LogP contribution >= 0.6 is 0 Å². The SMILES string of the molecule is CC(N)CCCCCCCC(N)CCCCCCCC(N)CCCCCCCC(N)CCCCCCCC(O)CCNC(=O)CC(O)CC(O)C(NC(=O)C1NC(=O)C(CC(N)=O)NC(=O)C(NC(=O)[C@H](Cc2cnc[nH]2)NC(=O)CC(N)C(=O)O)CC(=O)NC1C)C(C)C. The third kappa shape index (κ3) is 40.4. The highest BCUT2D eigenvalue weighted by Gasteiger charge is 2.39. The molecule has 0 aliphatic carbocycles. The number of nitrogens with two attached hydrogens (primary N) is 6. The standard InChI is InChI=1S/C67H125N15O13/c1-43(2)61(81-66(93)62-45(4)77-60(89)40-55(64(91)79-54(39-57(73)86)65(92)82-62)80-63(90)53(35-49-41-74-42-76-49)78-59(88)38-52(72)67(94)95)56(85)36-51(84)37-58(87)75-34-33-50(83)32-24-16-8-15-23-31-48(71)30-22-14-7-13-21-29-47(70)28-20-12-6-11-19-27-46(69)26-18-10-5-9-17-25-44(3)68/h41-48,50-56,61-62,83-85H,5-40,68-72H2,1-4H3,(H2,73,86)(H,74,76)(H,75,87)(H,77,89)(H,78,88)(H,79,91)(H,80,90)(H,81,93)(H,82,92)(H,94,95)/t44?,45?,46?,47?,48?,50?,51?,52?,53-,54?,55?,56?,61?,62?/m0/s1. The van der Waals surface area contributed by atoms with E-state index in [2.05, 4.69) is 54.1 Å². The van der Waals surface area contributed by atoms with Gasteiger partial charge in [-0.1, -0.05) is 142 Å². The quantitative estimate of drug-likeness (QED) is 0.0416. The fourth-order valence-electron chi connectivity index (χ4n) is 11.9. The number of nitrogens with zero attached hydrogens (tertiary/aromatic N) is 1. The van der Waals surface area contributed by atoms with Crippen molar-refractivity contribution in [2.75, 3.05) is 6.54 Å². The highest BCUT2D eigenvalue weighted by atomic mass is 16.4. The average Bonchev–Trinajstić information content (AvgIpc) is 1.84. The second-order valence-electron chi connectivity index (χ2n) is 27.3. The Labute approximate surface area is 564 Å². The van der Waals surface area contributed by atoms with Crippen LogP contribution in [0.3, 0.4) is 0 Å². The van der Waals surface area contributed by atoms with Crippen LogP contribution in [0.5, 0.6) is 0 Å². The first-order chi connectivity index (χ1) is 45.1. The van der Waals surface area contributed by atoms with Gasteiger partial charge in [0, 0.05) is 55.4 Å². The van der Waals surface area contributed by atoms with Crippen LogP contribution in [-0.4, -0.2) is 175 Å². The maximum atomic E-state index is 14.1. The van der Waals surface area contributed by atoms with E-state index < -0.39 is 145 Å². The van der Waals surface area contributed by atoms with E-state index in [-0.39, 0.29) is 25.4 Å². The number of carbonyl (C=O) groups is 9. The summed E-state index contributed by atoms with van der Waals surface area (Å²) in [6.45, 7) is 6.94. The molecule has 28 heteroatoms. The lowest BCUT2D eigenvalue weighted by Gasteiger charge is -2.32. The molecule has 14 atom stereocenters. The van der Waals surface area contributed by atoms with Crippen molar-refractivity contribution in [3.63, 3.8) is 0 Å². The molecule has 1 aromatic rings. The van der Waals surface area contributed by atoms with Crippen LogP contribution in [0, 0.1) is 5.92 Å². The van der Waals surface area contributed by atoms with Gasteiger partial charge in [0.1, 0.15) is 30.2 Å². The molecule has 1 saturated heterocycles. The lowest BCUT2D eigenvalue weighted by molar-refractivity contribution is -0.140. The van der Waals surface area contributed by atoms with E-state index in [0.29, 0.717) is 36.7 Å². The van der Waals surface area contributed by atoms with E-state index >= 15 is 0 Å². The summed E-state index contributed by atoms with van der Waals surface area (Å²) in [5, 5.41) is 59.4. The number of aliphatic carboxylic acids is 1. The van der Waals surface area contributed by atoms with Crippen molar-refractivity contribution in [2.24, 2.45) is 40.3 Å². The zero-order valence-electron chi connectivity index (χ0n) is 57.6. The molecular formula is C67H125N15O13. The lowest BCUT2D eigenvalue weighted by Crippen LogP contribution is -2.62. The summed E-state index contributed by atoms with van der Waals surface area (Å²) >= 11 is 0. The second kappa shape index (κ2) is 49.6. The first-order valence-electron chi connectivity index (χ1n) is 35.5. The first kappa shape index (κ1) is 85.2. The number of primary amides is 1. The zero-order chi connectivity index (χ0) is 70.7. The molecule has 1 aromatic heterocycles. The molecule has 0 bridgehead atoms. The predicted octanol–water partition coefficient (Wildman–Crippen LogP) is 2.24. The number of amides is 8. The van der Waals surface area contributed by atoms with Gasteiger partial charge in [-0.25, -0.2) is 4.98 Å². The number of rotatable bonds is 53. The molecule has 2 heterocycles. The second-order valence-corrected chi connectivity index (χ2v) is 27.3. The zero-order valence-corrected chi connectivity index (χ0v) is 57.6. The molecule has 1 aliphatic rings. The Morgan fingerprint density at radius 2 is 1.11 bits per heavy atom. The van der Waals surface area contributed by atoms with E-state index in [1.807, 2.05) is 0 Å². The van der Waals surface area contributed by atoms with Crippen LogP contribution in [-0.2, 0) is 49.6 Å². The van der Waals surface area contributed by atoms with Gasteiger partial charge in [-0.2, -0.15) is 0 Å². The van der Waals surface area contributed by atoms with Crippen LogP contribution in [0.2, 0.25) is 0 Å². The number of nitrogens with one attached hydrogen (secondary N) is 8. The summed E-state index contributed by atoms with van der Waals surface area (Å²) < 4.78 is 0. The molecular weight excluding hydrogens is 1220 g/mol. The van der Waals surface area contributed by atoms with Crippen molar-refractivity contribution in [2.45, 2.75) is 337 Å². The number of aliphatic hydroxyl groups is 3. The number of aromatic amines is 1. The average molecular weight is 1350 g/mol. The van der Waals surface area contributed by atoms with Crippen molar-refractivity contribution >= 4 is 53.2 Å². The Bertz CT molecular complexity index is 2360. The van der Waals surface area contributed by atoms with E-state index in [4.69, 9.17) is 34.4 Å². The molecule has 95 heavy (non-hydrogen) atoms. The number of hydrogen-bond donors (Lipinski definition) is 18. The number of unbranched alkanes of at least 4 members (excludes halogenated alkanes) is 16. The number of hydrogen-bond acceptors (Lipinski definition) is 18. The Hall–Kier alpha value is -5.88. The van der Waals surface area contributed by atoms with Crippen LogP contribution in [0.4, 0.5) is 0 Å². The van der Waals surface area contributed by atoms with E-state index in [1.54, 1.807) is 13.8 Å². The summed E-state index contributed by atoms with van der Waals surface area (Å²) in [6.07, 6.45) is 28.2. The molecule has 0 saturated carbocycles. The highest BCUT2D eigenvalue weighted by Crippen LogP contribution is 2.19. The summed E-state index contributed by atoms with van der Waals surface area (Å²) in [5.41, 5.74) is 36.4. The van der Waals surface area contributed by atoms with E-state index in [0.717, 1.165) is 83.5 Å². The molecule has 0 aromatic carbocycles. The topological polar surface area (TPSA) is 504 Å². The van der Waals surface area contributed by atoms with Crippen molar-refractivity contribution in [1.82, 2.24) is 47.2 Å². The van der Waals surface area contributed by atoms with E-state index in [1.165, 1.54) is 109 Å². The third-order valence-electron chi connectivity index (χ3n) is 17.7. The van der Waals surface area contributed by atoms with Gasteiger partial charge in [-0.15, -0.1) is 0 Å². The Morgan fingerprint density at radius 3 is 1.57 bits per heavy atom. The molecule has 0 radical (unpaired) electrons. The van der Waals surface area contributed by atoms with Gasteiger partial charge in [0.05, 0.1) is 62.4 Å². The molecule has 28 nitrogen and oxygen atoms in total. The largest absolute Gasteiger partial charge is 0.480 e. The number of aromatic nitrogens is 2. The molecule has 8 amide bonds. The summed E-state index contributed by atoms with van der Waals surface area (Å²) in [4.78, 5) is 125. The molecule has 13 unspecified atom stereocenters. The number of imidazole rings is 1. The summed E-state index contributed by atoms with van der Waals surface area (Å²) in [7, 11) is 0. The van der Waals surface area contributed by atoms with Crippen LogP contribution in [0.15, 0.2) is 12.5 Å². The highest BCUT2D eigenvalue weighted by molar-refractivity contribution is 5.99. The fraction of sp³-hybridized carbons (Fsp3) is 0.821. The number of H-pyrrole nitrogens is 1. The molecule has 0 spiro atoms. The summed E-state index contributed by atoms with van der Waals surface area (Å²) in [6, 6.07) is -9.37. The van der Waals surface area contributed by atoms with Gasteiger partial charge in [0.25, 0.3) is 0 Å². The van der Waals surface area contributed by atoms with Gasteiger partial charge < -0.3 is 97.0 Å². The normalized spacial score (nSPS) is 19.4. The number of carboxylic acid groups (broad SMARTS) is 1. The minimum absolute atomic E-state index is 0.169. The van der Waals surface area contributed by atoms with Crippen LogP contribution in [0.1, 0.15) is 252 Å². The minimum atomic E-state index is -1.76. The van der Waals surface area contributed by atoms with E-state index in [9.17, 15) is 63.6 Å². The van der Waals surface area contributed by atoms with Crippen molar-refractivity contribution in [1.29, 1.82) is 0 Å². The number of carboxylic acids is 1. The van der Waals surface area contributed by atoms with Crippen LogP contribution in [0.25, 0.3) is 0 Å². The third-order valence-corrected chi connectivity index (χ3v) is 17.7. The van der Waals surface area contributed by atoms with Crippen molar-refractivity contribution in [3.05, 3.63) is 18.2 Å².